The second-order valence-corrected chi connectivity index (χ2v) is 4.91. The van der Waals surface area contributed by atoms with Crippen LogP contribution in [0.4, 0.5) is 0 Å². The summed E-state index contributed by atoms with van der Waals surface area (Å²) in [5.74, 6) is -0.798. The van der Waals surface area contributed by atoms with E-state index < -0.39 is 17.9 Å². The van der Waals surface area contributed by atoms with E-state index in [1.807, 2.05) is 17.0 Å². The molecular formula is C13H15N3O2. The first kappa shape index (κ1) is 11.5. The molecule has 1 saturated carbocycles. The first-order valence-electron chi connectivity index (χ1n) is 6.00. The molecule has 1 fully saturated rings. The fourth-order valence-corrected chi connectivity index (χ4v) is 2.71. The van der Waals surface area contributed by atoms with Crippen molar-refractivity contribution < 1.29 is 9.59 Å². The molecule has 0 radical (unpaired) electrons. The van der Waals surface area contributed by atoms with Crippen molar-refractivity contribution in [2.45, 2.75) is 31.7 Å². The molecule has 1 heterocycles. The quantitative estimate of drug-likeness (QED) is 0.673. The maximum absolute atomic E-state index is 11.5. The van der Waals surface area contributed by atoms with Gasteiger partial charge in [-0.2, -0.15) is 0 Å². The molecule has 1 aliphatic heterocycles. The summed E-state index contributed by atoms with van der Waals surface area (Å²) in [6, 6.07) is 5.00. The van der Waals surface area contributed by atoms with Crippen molar-refractivity contribution in [3.05, 3.63) is 34.9 Å². The van der Waals surface area contributed by atoms with E-state index in [9.17, 15) is 9.59 Å². The number of ketones is 2. The Morgan fingerprint density at radius 2 is 1.89 bits per heavy atom. The molecule has 94 valence electrons. The van der Waals surface area contributed by atoms with Gasteiger partial charge in [0.2, 0.25) is 11.6 Å². The van der Waals surface area contributed by atoms with Crippen molar-refractivity contribution in [1.29, 1.82) is 0 Å². The molecule has 0 saturated heterocycles. The van der Waals surface area contributed by atoms with Gasteiger partial charge in [-0.25, -0.2) is 0 Å². The third-order valence-corrected chi connectivity index (χ3v) is 3.80. The number of nitrogens with two attached hydrogens (primary N) is 2. The van der Waals surface area contributed by atoms with E-state index in [0.29, 0.717) is 19.6 Å². The number of rotatable bonds is 2. The number of fused-ring (bicyclic) bond motifs is 1. The van der Waals surface area contributed by atoms with Crippen LogP contribution in [0.5, 0.6) is 0 Å². The van der Waals surface area contributed by atoms with Gasteiger partial charge in [0.05, 0.1) is 6.04 Å². The Morgan fingerprint density at radius 3 is 2.56 bits per heavy atom. The predicted octanol–water partition coefficient (Wildman–Crippen LogP) is -0.691. The van der Waals surface area contributed by atoms with E-state index >= 15 is 0 Å². The maximum atomic E-state index is 11.5. The summed E-state index contributed by atoms with van der Waals surface area (Å²) in [4.78, 5) is 24.7. The van der Waals surface area contributed by atoms with E-state index in [-0.39, 0.29) is 5.78 Å². The van der Waals surface area contributed by atoms with E-state index in [1.165, 1.54) is 11.1 Å². The highest BCUT2D eigenvalue weighted by Gasteiger charge is 2.50. The van der Waals surface area contributed by atoms with Crippen LogP contribution in [0.1, 0.15) is 16.7 Å². The van der Waals surface area contributed by atoms with Crippen molar-refractivity contribution in [3.63, 3.8) is 0 Å². The van der Waals surface area contributed by atoms with Gasteiger partial charge in [0, 0.05) is 19.6 Å². The molecule has 2 atom stereocenters. The topological polar surface area (TPSA) is 89.4 Å². The summed E-state index contributed by atoms with van der Waals surface area (Å²) in [6.45, 7) is 1.85. The van der Waals surface area contributed by atoms with E-state index in [2.05, 4.69) is 6.07 Å². The van der Waals surface area contributed by atoms with Crippen LogP contribution in [0.2, 0.25) is 0 Å². The Balaban J connectivity index is 1.81. The van der Waals surface area contributed by atoms with Crippen LogP contribution < -0.4 is 11.5 Å². The molecule has 5 nitrogen and oxygen atoms in total. The molecule has 0 bridgehead atoms. The number of hydrogen-bond acceptors (Lipinski definition) is 5. The van der Waals surface area contributed by atoms with Crippen molar-refractivity contribution in [3.8, 4) is 0 Å². The van der Waals surface area contributed by atoms with Gasteiger partial charge >= 0.3 is 0 Å². The van der Waals surface area contributed by atoms with Gasteiger partial charge in [-0.1, -0.05) is 18.2 Å². The number of hydrogen-bond donors (Lipinski definition) is 2. The van der Waals surface area contributed by atoms with Gasteiger partial charge in [-0.15, -0.1) is 0 Å². The van der Waals surface area contributed by atoms with E-state index in [4.69, 9.17) is 11.5 Å². The van der Waals surface area contributed by atoms with Crippen LogP contribution in [0.15, 0.2) is 18.2 Å². The summed E-state index contributed by atoms with van der Waals surface area (Å²) in [5.41, 5.74) is 14.7. The average Bonchev–Trinajstić information content (AvgIpc) is 2.80. The van der Waals surface area contributed by atoms with Crippen molar-refractivity contribution >= 4 is 11.6 Å². The Kier molecular flexibility index (Phi) is 2.55. The lowest BCUT2D eigenvalue weighted by molar-refractivity contribution is -0.150. The van der Waals surface area contributed by atoms with Gasteiger partial charge in [0.15, 0.2) is 0 Å². The molecule has 4 N–H and O–H groups in total. The number of benzene rings is 1. The number of nitrogens with zero attached hydrogens (tertiary/aromatic N) is 1. The molecule has 0 amide bonds. The highest BCUT2D eigenvalue weighted by Crippen LogP contribution is 2.29. The second kappa shape index (κ2) is 3.98. The van der Waals surface area contributed by atoms with Crippen molar-refractivity contribution in [1.82, 2.24) is 4.90 Å². The highest BCUT2D eigenvalue weighted by atomic mass is 16.2. The molecule has 1 aromatic carbocycles. The summed E-state index contributed by atoms with van der Waals surface area (Å²) >= 11 is 0. The zero-order chi connectivity index (χ0) is 12.9. The molecule has 2 aliphatic rings. The molecule has 2 unspecified atom stereocenters. The summed E-state index contributed by atoms with van der Waals surface area (Å²) < 4.78 is 0. The zero-order valence-corrected chi connectivity index (χ0v) is 9.93. The van der Waals surface area contributed by atoms with Crippen LogP contribution in [-0.4, -0.2) is 28.6 Å². The third kappa shape index (κ3) is 1.52. The number of carbonyl (C=O) groups excluding carboxylic acids is 2. The van der Waals surface area contributed by atoms with Gasteiger partial charge in [-0.3, -0.25) is 14.5 Å². The minimum absolute atomic E-state index is 0.352. The number of Topliss-reactive ketones (excluding diaryl/α,β-unsaturated/α-hetero) is 2. The van der Waals surface area contributed by atoms with Crippen LogP contribution in [0, 0.1) is 0 Å². The lowest BCUT2D eigenvalue weighted by atomic mass is 9.83. The summed E-state index contributed by atoms with van der Waals surface area (Å²) in [5, 5.41) is 0. The van der Waals surface area contributed by atoms with Crippen LogP contribution >= 0.6 is 0 Å². The Bertz CT molecular complexity index is 541. The Hall–Kier alpha value is -1.56. The van der Waals surface area contributed by atoms with Gasteiger partial charge in [0.1, 0.15) is 6.04 Å². The first-order valence-corrected chi connectivity index (χ1v) is 6.00. The zero-order valence-electron chi connectivity index (χ0n) is 9.93. The SMILES string of the molecule is NCc1ccc2c(c1)CN(C1C(=O)C(=O)C1N)C2. The van der Waals surface area contributed by atoms with E-state index in [1.54, 1.807) is 0 Å². The first-order chi connectivity index (χ1) is 8.61. The fourth-order valence-electron chi connectivity index (χ4n) is 2.71. The smallest absolute Gasteiger partial charge is 0.219 e. The fraction of sp³-hybridized carbons (Fsp3) is 0.385. The maximum Gasteiger partial charge on any atom is 0.219 e. The normalized spacial score (nSPS) is 27.2. The average molecular weight is 245 g/mol. The molecule has 18 heavy (non-hydrogen) atoms. The molecule has 5 heteroatoms. The third-order valence-electron chi connectivity index (χ3n) is 3.80. The molecule has 3 rings (SSSR count). The van der Waals surface area contributed by atoms with Crippen LogP contribution in [-0.2, 0) is 29.2 Å². The lowest BCUT2D eigenvalue weighted by Crippen LogP contribution is -2.67. The summed E-state index contributed by atoms with van der Waals surface area (Å²) in [7, 11) is 0. The van der Waals surface area contributed by atoms with Gasteiger partial charge < -0.3 is 11.5 Å². The predicted molar refractivity (Wildman–Crippen MR) is 65.4 cm³/mol. The van der Waals surface area contributed by atoms with Crippen molar-refractivity contribution in [2.24, 2.45) is 11.5 Å². The van der Waals surface area contributed by atoms with Crippen LogP contribution in [0.3, 0.4) is 0 Å². The minimum atomic E-state index is -0.652. The second-order valence-electron chi connectivity index (χ2n) is 4.91. The highest BCUT2D eigenvalue weighted by molar-refractivity contribution is 6.48. The van der Waals surface area contributed by atoms with Gasteiger partial charge in [0.25, 0.3) is 0 Å². The van der Waals surface area contributed by atoms with Crippen molar-refractivity contribution in [2.75, 3.05) is 0 Å². The molecule has 1 aliphatic carbocycles. The lowest BCUT2D eigenvalue weighted by Gasteiger charge is -2.36. The standard InChI is InChI=1S/C13H15N3O2/c14-4-7-1-2-8-5-16(6-9(8)3-7)11-10(15)12(17)13(11)18/h1-3,10-11H,4-6,14-15H2. The van der Waals surface area contributed by atoms with Gasteiger partial charge in [-0.05, 0) is 16.7 Å². The largest absolute Gasteiger partial charge is 0.326 e. The van der Waals surface area contributed by atoms with E-state index in [0.717, 1.165) is 5.56 Å². The summed E-state index contributed by atoms with van der Waals surface area (Å²) in [6.07, 6.45) is 0. The molecular weight excluding hydrogens is 230 g/mol. The number of carbonyl (C=O) groups is 2. The van der Waals surface area contributed by atoms with Crippen LogP contribution in [0.25, 0.3) is 0 Å². The monoisotopic (exact) mass is 245 g/mol. The molecule has 0 spiro atoms. The minimum Gasteiger partial charge on any atom is -0.326 e. The Morgan fingerprint density at radius 1 is 1.17 bits per heavy atom. The molecule has 1 aromatic rings. The Labute approximate surface area is 105 Å². The molecule has 0 aromatic heterocycles.